The van der Waals surface area contributed by atoms with Crippen molar-refractivity contribution in [2.75, 3.05) is 13.1 Å². The van der Waals surface area contributed by atoms with Gasteiger partial charge < -0.3 is 4.90 Å². The van der Waals surface area contributed by atoms with Crippen molar-refractivity contribution in [1.29, 1.82) is 0 Å². The van der Waals surface area contributed by atoms with Crippen LogP contribution in [-0.2, 0) is 18.3 Å². The van der Waals surface area contributed by atoms with Gasteiger partial charge in [0.1, 0.15) is 0 Å². The molecule has 6 nitrogen and oxygen atoms in total. The highest BCUT2D eigenvalue weighted by molar-refractivity contribution is 5.81. The molecule has 25 heavy (non-hydrogen) atoms. The first-order chi connectivity index (χ1) is 11.8. The lowest BCUT2D eigenvalue weighted by Gasteiger charge is -2.36. The third-order valence-electron chi connectivity index (χ3n) is 4.68. The summed E-state index contributed by atoms with van der Waals surface area (Å²) in [4.78, 5) is 23.7. The second-order valence-corrected chi connectivity index (χ2v) is 7.97. The van der Waals surface area contributed by atoms with Crippen molar-refractivity contribution in [1.82, 2.24) is 24.6 Å². The van der Waals surface area contributed by atoms with E-state index in [-0.39, 0.29) is 11.3 Å². The molecule has 0 N–H and O–H groups in total. The monoisotopic (exact) mass is 341 g/mol. The number of rotatable bonds is 3. The minimum Gasteiger partial charge on any atom is -0.342 e. The molecule has 0 bridgehead atoms. The first kappa shape index (κ1) is 17.6. The molecule has 1 atom stereocenters. The van der Waals surface area contributed by atoms with Crippen LogP contribution < -0.4 is 0 Å². The summed E-state index contributed by atoms with van der Waals surface area (Å²) in [6.07, 6.45) is 10.3. The van der Waals surface area contributed by atoms with Crippen molar-refractivity contribution >= 4 is 5.91 Å². The predicted octanol–water partition coefficient (Wildman–Crippen LogP) is 2.70. The standard InChI is InChI=1S/C19H27N5O/c1-19(2,3)18(25)24-9-5-6-14(12-24)10-16-17(21-8-7-20-16)15-11-22-23(4)13-15/h7-8,11,13-14H,5-6,9-10,12H2,1-4H3. The van der Waals surface area contributed by atoms with Crippen molar-refractivity contribution in [3.63, 3.8) is 0 Å². The van der Waals surface area contributed by atoms with Gasteiger partial charge in [-0.25, -0.2) is 0 Å². The van der Waals surface area contributed by atoms with E-state index in [1.165, 1.54) is 0 Å². The Morgan fingerprint density at radius 1 is 1.28 bits per heavy atom. The van der Waals surface area contributed by atoms with Gasteiger partial charge in [-0.3, -0.25) is 19.4 Å². The lowest BCUT2D eigenvalue weighted by Crippen LogP contribution is -2.45. The number of carbonyl (C=O) groups is 1. The summed E-state index contributed by atoms with van der Waals surface area (Å²) < 4.78 is 1.78. The number of likely N-dealkylation sites (tertiary alicyclic amines) is 1. The number of piperidine rings is 1. The summed E-state index contributed by atoms with van der Waals surface area (Å²) >= 11 is 0. The Bertz CT molecular complexity index is 746. The van der Waals surface area contributed by atoms with E-state index in [9.17, 15) is 4.79 Å². The van der Waals surface area contributed by atoms with Gasteiger partial charge >= 0.3 is 0 Å². The summed E-state index contributed by atoms with van der Waals surface area (Å²) in [5, 5.41) is 4.24. The van der Waals surface area contributed by atoms with E-state index in [2.05, 4.69) is 15.1 Å². The smallest absolute Gasteiger partial charge is 0.227 e. The molecule has 0 aliphatic carbocycles. The number of aromatic nitrogens is 4. The molecule has 1 unspecified atom stereocenters. The van der Waals surface area contributed by atoms with Crippen molar-refractivity contribution in [3.8, 4) is 11.3 Å². The van der Waals surface area contributed by atoms with E-state index >= 15 is 0 Å². The number of carbonyl (C=O) groups excluding carboxylic acids is 1. The molecule has 0 aromatic carbocycles. The van der Waals surface area contributed by atoms with Gasteiger partial charge in [0.15, 0.2) is 0 Å². The van der Waals surface area contributed by atoms with Gasteiger partial charge in [0.05, 0.1) is 17.6 Å². The van der Waals surface area contributed by atoms with Crippen LogP contribution in [0.3, 0.4) is 0 Å². The van der Waals surface area contributed by atoms with Gasteiger partial charge in [-0.15, -0.1) is 0 Å². The molecule has 0 radical (unpaired) electrons. The number of hydrogen-bond donors (Lipinski definition) is 0. The zero-order valence-corrected chi connectivity index (χ0v) is 15.6. The van der Waals surface area contributed by atoms with E-state index < -0.39 is 0 Å². The fourth-order valence-corrected chi connectivity index (χ4v) is 3.46. The average Bonchev–Trinajstić information content (AvgIpc) is 3.00. The van der Waals surface area contributed by atoms with Crippen molar-refractivity contribution in [2.24, 2.45) is 18.4 Å². The van der Waals surface area contributed by atoms with Crippen LogP contribution >= 0.6 is 0 Å². The summed E-state index contributed by atoms with van der Waals surface area (Å²) in [5.74, 6) is 0.663. The van der Waals surface area contributed by atoms with Crippen LogP contribution in [0.4, 0.5) is 0 Å². The third-order valence-corrected chi connectivity index (χ3v) is 4.68. The van der Waals surface area contributed by atoms with E-state index in [1.807, 2.05) is 45.1 Å². The molecule has 6 heteroatoms. The van der Waals surface area contributed by atoms with Gasteiger partial charge in [-0.05, 0) is 25.2 Å². The van der Waals surface area contributed by atoms with Crippen LogP contribution in [0.25, 0.3) is 11.3 Å². The van der Waals surface area contributed by atoms with Gasteiger partial charge in [-0.2, -0.15) is 5.10 Å². The highest BCUT2D eigenvalue weighted by Gasteiger charge is 2.31. The Labute approximate surface area is 149 Å². The Hall–Kier alpha value is -2.24. The second kappa shape index (κ2) is 6.94. The van der Waals surface area contributed by atoms with E-state index in [1.54, 1.807) is 17.1 Å². The molecule has 1 amide bonds. The van der Waals surface area contributed by atoms with Gasteiger partial charge in [0, 0.05) is 49.7 Å². The molecule has 1 aliphatic heterocycles. The summed E-state index contributed by atoms with van der Waals surface area (Å²) in [6, 6.07) is 0. The van der Waals surface area contributed by atoms with E-state index in [4.69, 9.17) is 0 Å². The zero-order valence-electron chi connectivity index (χ0n) is 15.6. The first-order valence-corrected chi connectivity index (χ1v) is 8.93. The normalized spacial score (nSPS) is 18.4. The fourth-order valence-electron chi connectivity index (χ4n) is 3.46. The average molecular weight is 341 g/mol. The first-order valence-electron chi connectivity index (χ1n) is 8.93. The Balaban J connectivity index is 1.76. The number of aryl methyl sites for hydroxylation is 1. The fraction of sp³-hybridized carbons (Fsp3) is 0.579. The number of hydrogen-bond acceptors (Lipinski definition) is 4. The zero-order chi connectivity index (χ0) is 18.0. The van der Waals surface area contributed by atoms with Gasteiger partial charge in [-0.1, -0.05) is 20.8 Å². The molecule has 1 fully saturated rings. The minimum atomic E-state index is -0.324. The minimum absolute atomic E-state index is 0.240. The Kier molecular flexibility index (Phi) is 4.88. The maximum Gasteiger partial charge on any atom is 0.227 e. The predicted molar refractivity (Wildman–Crippen MR) is 96.7 cm³/mol. The van der Waals surface area contributed by atoms with Crippen LogP contribution in [0.15, 0.2) is 24.8 Å². The largest absolute Gasteiger partial charge is 0.342 e. The highest BCUT2D eigenvalue weighted by atomic mass is 16.2. The molecule has 3 heterocycles. The number of amides is 1. The van der Waals surface area contributed by atoms with Crippen LogP contribution in [0.5, 0.6) is 0 Å². The summed E-state index contributed by atoms with van der Waals surface area (Å²) in [7, 11) is 1.90. The van der Waals surface area contributed by atoms with Crippen LogP contribution in [0, 0.1) is 11.3 Å². The molecule has 134 valence electrons. The molecule has 1 aliphatic rings. The topological polar surface area (TPSA) is 63.9 Å². The SMILES string of the molecule is Cn1cc(-c2nccnc2CC2CCCN(C(=O)C(C)(C)C)C2)cn1. The third kappa shape index (κ3) is 4.06. The molecule has 3 rings (SSSR count). The molecule has 1 saturated heterocycles. The van der Waals surface area contributed by atoms with E-state index in [0.29, 0.717) is 5.92 Å². The van der Waals surface area contributed by atoms with Crippen molar-refractivity contribution < 1.29 is 4.79 Å². The Morgan fingerprint density at radius 3 is 2.72 bits per heavy atom. The lowest BCUT2D eigenvalue weighted by atomic mass is 9.89. The summed E-state index contributed by atoms with van der Waals surface area (Å²) in [6.45, 7) is 7.63. The van der Waals surface area contributed by atoms with Crippen LogP contribution in [-0.4, -0.2) is 43.6 Å². The molecule has 2 aromatic heterocycles. The van der Waals surface area contributed by atoms with Crippen molar-refractivity contribution in [2.45, 2.75) is 40.0 Å². The van der Waals surface area contributed by atoms with Crippen LogP contribution in [0.2, 0.25) is 0 Å². The lowest BCUT2D eigenvalue weighted by molar-refractivity contribution is -0.141. The molecule has 0 spiro atoms. The van der Waals surface area contributed by atoms with Gasteiger partial charge in [0.25, 0.3) is 0 Å². The molecule has 0 saturated carbocycles. The molecular formula is C19H27N5O. The maximum absolute atomic E-state index is 12.6. The van der Waals surface area contributed by atoms with E-state index in [0.717, 1.165) is 49.3 Å². The molecule has 2 aromatic rings. The van der Waals surface area contributed by atoms with Gasteiger partial charge in [0.2, 0.25) is 5.91 Å². The second-order valence-electron chi connectivity index (χ2n) is 7.97. The maximum atomic E-state index is 12.6. The van der Waals surface area contributed by atoms with Crippen LogP contribution in [0.1, 0.15) is 39.3 Å². The molecular weight excluding hydrogens is 314 g/mol. The Morgan fingerprint density at radius 2 is 2.04 bits per heavy atom. The summed E-state index contributed by atoms with van der Waals surface area (Å²) in [5.41, 5.74) is 2.56. The highest BCUT2D eigenvalue weighted by Crippen LogP contribution is 2.27. The quantitative estimate of drug-likeness (QED) is 0.861. The number of nitrogens with zero attached hydrogens (tertiary/aromatic N) is 5. The van der Waals surface area contributed by atoms with Crippen molar-refractivity contribution in [3.05, 3.63) is 30.5 Å².